The molecule has 1 amide bonds. The van der Waals surface area contributed by atoms with E-state index < -0.39 is 10.0 Å². The molecule has 0 aliphatic carbocycles. The fourth-order valence-electron chi connectivity index (χ4n) is 3.03. The molecule has 0 fully saturated rings. The number of rotatable bonds is 5. The first-order chi connectivity index (χ1) is 14.1. The topological polar surface area (TPSA) is 66.5 Å². The molecule has 0 aromatic heterocycles. The molecule has 0 bridgehead atoms. The van der Waals surface area contributed by atoms with E-state index in [0.717, 1.165) is 21.0 Å². The van der Waals surface area contributed by atoms with Crippen molar-refractivity contribution in [1.82, 2.24) is 0 Å². The van der Waals surface area contributed by atoms with Crippen LogP contribution in [0.5, 0.6) is 0 Å². The van der Waals surface area contributed by atoms with Crippen LogP contribution in [-0.2, 0) is 10.0 Å². The quantitative estimate of drug-likeness (QED) is 0.579. The summed E-state index contributed by atoms with van der Waals surface area (Å²) in [5, 5.41) is 3.02. The molecule has 5 nitrogen and oxygen atoms in total. The molecule has 3 aromatic carbocycles. The Hall–Kier alpha value is -2.83. The van der Waals surface area contributed by atoms with Gasteiger partial charge >= 0.3 is 0 Å². The number of nitrogens with zero attached hydrogens (tertiary/aromatic N) is 1. The Labute approximate surface area is 182 Å². The number of halogens is 1. The summed E-state index contributed by atoms with van der Waals surface area (Å²) < 4.78 is 26.9. The van der Waals surface area contributed by atoms with E-state index in [1.54, 1.807) is 30.3 Å². The molecule has 0 spiro atoms. The van der Waals surface area contributed by atoms with Gasteiger partial charge in [-0.3, -0.25) is 9.10 Å². The molecule has 0 radical (unpaired) electrons. The largest absolute Gasteiger partial charge is 0.322 e. The summed E-state index contributed by atoms with van der Waals surface area (Å²) >= 11 is 6.33. The lowest BCUT2D eigenvalue weighted by Gasteiger charge is -2.20. The van der Waals surface area contributed by atoms with E-state index in [9.17, 15) is 13.2 Å². The minimum atomic E-state index is -3.74. The van der Waals surface area contributed by atoms with E-state index in [1.165, 1.54) is 19.2 Å². The van der Waals surface area contributed by atoms with Crippen molar-refractivity contribution in [3.8, 4) is 0 Å². The number of sulfonamides is 1. The van der Waals surface area contributed by atoms with Crippen molar-refractivity contribution in [3.63, 3.8) is 0 Å². The van der Waals surface area contributed by atoms with Gasteiger partial charge in [0.15, 0.2) is 0 Å². The van der Waals surface area contributed by atoms with Crippen LogP contribution >= 0.6 is 11.6 Å². The highest BCUT2D eigenvalue weighted by Crippen LogP contribution is 2.28. The van der Waals surface area contributed by atoms with E-state index in [-0.39, 0.29) is 21.4 Å². The average molecular weight is 443 g/mol. The highest BCUT2D eigenvalue weighted by molar-refractivity contribution is 7.92. The second-order valence-electron chi connectivity index (χ2n) is 7.22. The van der Waals surface area contributed by atoms with E-state index in [0.29, 0.717) is 11.4 Å². The van der Waals surface area contributed by atoms with Crippen molar-refractivity contribution >= 4 is 38.9 Å². The number of aryl methyl sites for hydroxylation is 3. The van der Waals surface area contributed by atoms with Gasteiger partial charge in [0.2, 0.25) is 0 Å². The van der Waals surface area contributed by atoms with Gasteiger partial charge in [-0.2, -0.15) is 0 Å². The molecule has 0 atom stereocenters. The number of hydrogen-bond acceptors (Lipinski definition) is 3. The van der Waals surface area contributed by atoms with Crippen LogP contribution in [0, 0.1) is 20.8 Å². The minimum Gasteiger partial charge on any atom is -0.322 e. The van der Waals surface area contributed by atoms with Crippen LogP contribution < -0.4 is 9.62 Å². The normalized spacial score (nSPS) is 11.2. The van der Waals surface area contributed by atoms with Crippen molar-refractivity contribution in [2.24, 2.45) is 0 Å². The third kappa shape index (κ3) is 4.50. The summed E-state index contributed by atoms with van der Waals surface area (Å²) in [7, 11) is -2.29. The van der Waals surface area contributed by atoms with Gasteiger partial charge < -0.3 is 5.32 Å². The van der Waals surface area contributed by atoms with Crippen LogP contribution in [0.3, 0.4) is 0 Å². The first-order valence-corrected chi connectivity index (χ1v) is 11.1. The number of amides is 1. The monoisotopic (exact) mass is 442 g/mol. The maximum Gasteiger partial charge on any atom is 0.264 e. The van der Waals surface area contributed by atoms with Gasteiger partial charge in [-0.25, -0.2) is 8.42 Å². The zero-order chi connectivity index (χ0) is 22.1. The second-order valence-corrected chi connectivity index (χ2v) is 9.60. The predicted octanol–water partition coefficient (Wildman–Crippen LogP) is 5.34. The van der Waals surface area contributed by atoms with Crippen LogP contribution in [0.2, 0.25) is 5.02 Å². The van der Waals surface area contributed by atoms with Crippen molar-refractivity contribution in [1.29, 1.82) is 0 Å². The number of carbonyl (C=O) groups is 1. The maximum absolute atomic E-state index is 12.9. The standard InChI is InChI=1S/C23H23ClN2O3S/c1-15-5-9-19(10-6-15)30(28,29)26(4)18-8-11-20(21(24)14-18)23(27)25-22-12-7-16(2)13-17(22)3/h5-14H,1-4H3,(H,25,27). The lowest BCUT2D eigenvalue weighted by atomic mass is 10.1. The SMILES string of the molecule is Cc1ccc(S(=O)(=O)N(C)c2ccc(C(=O)Nc3ccc(C)cc3C)c(Cl)c2)cc1. The van der Waals surface area contributed by atoms with Gasteiger partial charge in [0.25, 0.3) is 15.9 Å². The Bertz CT molecular complexity index is 1210. The summed E-state index contributed by atoms with van der Waals surface area (Å²) in [6.45, 7) is 5.79. The summed E-state index contributed by atoms with van der Waals surface area (Å²) in [6.07, 6.45) is 0. The molecular formula is C23H23ClN2O3S. The number of anilines is 2. The van der Waals surface area contributed by atoms with Gasteiger partial charge in [0.1, 0.15) is 0 Å². The molecule has 0 aliphatic heterocycles. The van der Waals surface area contributed by atoms with Gasteiger partial charge in [-0.1, -0.05) is 47.0 Å². The maximum atomic E-state index is 12.9. The Morgan fingerprint density at radius 1 is 0.900 bits per heavy atom. The molecule has 30 heavy (non-hydrogen) atoms. The lowest BCUT2D eigenvalue weighted by molar-refractivity contribution is 0.102. The average Bonchev–Trinajstić information content (AvgIpc) is 2.69. The number of nitrogens with one attached hydrogen (secondary N) is 1. The Balaban J connectivity index is 1.85. The molecule has 0 unspecified atom stereocenters. The minimum absolute atomic E-state index is 0.167. The Morgan fingerprint density at radius 2 is 1.53 bits per heavy atom. The number of hydrogen-bond donors (Lipinski definition) is 1. The molecule has 0 saturated carbocycles. The van der Waals surface area contributed by atoms with Crippen molar-refractivity contribution < 1.29 is 13.2 Å². The molecule has 7 heteroatoms. The Morgan fingerprint density at radius 3 is 2.13 bits per heavy atom. The lowest BCUT2D eigenvalue weighted by Crippen LogP contribution is -2.26. The van der Waals surface area contributed by atoms with Gasteiger partial charge in [0.05, 0.1) is 21.2 Å². The zero-order valence-electron chi connectivity index (χ0n) is 17.2. The number of benzene rings is 3. The molecular weight excluding hydrogens is 420 g/mol. The predicted molar refractivity (Wildman–Crippen MR) is 122 cm³/mol. The third-order valence-electron chi connectivity index (χ3n) is 4.87. The molecule has 1 N–H and O–H groups in total. The number of carbonyl (C=O) groups excluding carboxylic acids is 1. The van der Waals surface area contributed by atoms with Gasteiger partial charge in [-0.05, 0) is 62.7 Å². The molecule has 0 saturated heterocycles. The molecule has 156 valence electrons. The van der Waals surface area contributed by atoms with E-state index in [2.05, 4.69) is 5.32 Å². The first kappa shape index (κ1) is 21.9. The summed E-state index contributed by atoms with van der Waals surface area (Å²) in [5.41, 5.74) is 4.35. The third-order valence-corrected chi connectivity index (χ3v) is 6.98. The fourth-order valence-corrected chi connectivity index (χ4v) is 4.48. The van der Waals surface area contributed by atoms with Crippen LogP contribution in [0.15, 0.2) is 65.6 Å². The fraction of sp³-hybridized carbons (Fsp3) is 0.174. The molecule has 0 heterocycles. The molecule has 3 rings (SSSR count). The smallest absolute Gasteiger partial charge is 0.264 e. The van der Waals surface area contributed by atoms with Crippen molar-refractivity contribution in [3.05, 3.63) is 87.9 Å². The van der Waals surface area contributed by atoms with Crippen LogP contribution in [0.4, 0.5) is 11.4 Å². The summed E-state index contributed by atoms with van der Waals surface area (Å²) in [6, 6.07) is 16.9. The highest BCUT2D eigenvalue weighted by atomic mass is 35.5. The van der Waals surface area contributed by atoms with Crippen LogP contribution in [-0.4, -0.2) is 21.4 Å². The van der Waals surface area contributed by atoms with Crippen molar-refractivity contribution in [2.75, 3.05) is 16.7 Å². The first-order valence-electron chi connectivity index (χ1n) is 9.33. The summed E-state index contributed by atoms with van der Waals surface area (Å²) in [5.74, 6) is -0.359. The summed E-state index contributed by atoms with van der Waals surface area (Å²) in [4.78, 5) is 12.9. The van der Waals surface area contributed by atoms with E-state index in [1.807, 2.05) is 39.0 Å². The van der Waals surface area contributed by atoms with Crippen molar-refractivity contribution in [2.45, 2.75) is 25.7 Å². The Kier molecular flexibility index (Phi) is 6.19. The van der Waals surface area contributed by atoms with E-state index in [4.69, 9.17) is 11.6 Å². The highest BCUT2D eigenvalue weighted by Gasteiger charge is 2.22. The molecule has 3 aromatic rings. The van der Waals surface area contributed by atoms with Crippen LogP contribution in [0.25, 0.3) is 0 Å². The van der Waals surface area contributed by atoms with Gasteiger partial charge in [0, 0.05) is 12.7 Å². The second kappa shape index (κ2) is 8.50. The zero-order valence-corrected chi connectivity index (χ0v) is 18.8. The van der Waals surface area contributed by atoms with Crippen LogP contribution in [0.1, 0.15) is 27.0 Å². The van der Waals surface area contributed by atoms with E-state index >= 15 is 0 Å². The molecule has 0 aliphatic rings. The van der Waals surface area contributed by atoms with Gasteiger partial charge in [-0.15, -0.1) is 0 Å².